The summed E-state index contributed by atoms with van der Waals surface area (Å²) < 4.78 is 28.9. The summed E-state index contributed by atoms with van der Waals surface area (Å²) in [5.41, 5.74) is 0.784. The molecule has 3 rings (SSSR count). The quantitative estimate of drug-likeness (QED) is 0.644. The lowest BCUT2D eigenvalue weighted by Crippen LogP contribution is -2.41. The fraction of sp³-hybridized carbons (Fsp3) is 0.526. The third-order valence-corrected chi connectivity index (χ3v) is 6.85. The van der Waals surface area contributed by atoms with Crippen LogP contribution in [0.4, 0.5) is 0 Å². The largest absolute Gasteiger partial charge is 0.339 e. The maximum absolute atomic E-state index is 12.8. The Morgan fingerprint density at radius 1 is 1.32 bits per heavy atom. The molecule has 2 aromatic rings. The molecule has 1 aromatic carbocycles. The van der Waals surface area contributed by atoms with Crippen LogP contribution in [-0.4, -0.2) is 53.5 Å². The van der Waals surface area contributed by atoms with Crippen molar-refractivity contribution in [1.29, 1.82) is 0 Å². The Labute approximate surface area is 170 Å². The molecule has 0 N–H and O–H groups in total. The molecule has 0 spiro atoms. The molecule has 1 aliphatic heterocycles. The van der Waals surface area contributed by atoms with Gasteiger partial charge in [0, 0.05) is 36.0 Å². The zero-order valence-corrected chi connectivity index (χ0v) is 17.4. The van der Waals surface area contributed by atoms with E-state index in [0.717, 1.165) is 18.4 Å². The highest BCUT2D eigenvalue weighted by Crippen LogP contribution is 2.21. The minimum absolute atomic E-state index is 0.0593. The van der Waals surface area contributed by atoms with E-state index >= 15 is 0 Å². The van der Waals surface area contributed by atoms with Crippen molar-refractivity contribution in [2.45, 2.75) is 45.1 Å². The second-order valence-electron chi connectivity index (χ2n) is 7.02. The highest BCUT2D eigenvalue weighted by molar-refractivity contribution is 7.91. The monoisotopic (exact) mass is 425 g/mol. The molecule has 1 fully saturated rings. The molecule has 152 valence electrons. The Balaban J connectivity index is 1.62. The number of rotatable bonds is 8. The molecule has 1 unspecified atom stereocenters. The van der Waals surface area contributed by atoms with Crippen LogP contribution in [0.15, 0.2) is 28.8 Å². The van der Waals surface area contributed by atoms with Gasteiger partial charge in [0.2, 0.25) is 17.6 Å². The number of nitrogens with zero attached hydrogens (tertiary/aromatic N) is 3. The number of halogens is 1. The number of hydrogen-bond acceptors (Lipinski definition) is 6. The first-order chi connectivity index (χ1) is 13.4. The molecule has 28 heavy (non-hydrogen) atoms. The van der Waals surface area contributed by atoms with Gasteiger partial charge in [-0.15, -0.1) is 0 Å². The molecule has 7 nitrogen and oxygen atoms in total. The molecule has 1 aliphatic rings. The molecule has 1 aromatic heterocycles. The first kappa shape index (κ1) is 20.8. The summed E-state index contributed by atoms with van der Waals surface area (Å²) in [5, 5.41) is 4.58. The van der Waals surface area contributed by atoms with Gasteiger partial charge in [-0.2, -0.15) is 4.98 Å². The predicted molar refractivity (Wildman–Crippen MR) is 107 cm³/mol. The van der Waals surface area contributed by atoms with Gasteiger partial charge in [0.25, 0.3) is 0 Å². The minimum Gasteiger partial charge on any atom is -0.339 e. The van der Waals surface area contributed by atoms with Gasteiger partial charge in [0.05, 0.1) is 11.5 Å². The maximum atomic E-state index is 12.8. The van der Waals surface area contributed by atoms with Crippen LogP contribution in [-0.2, 0) is 21.1 Å². The number of aromatic nitrogens is 2. The second kappa shape index (κ2) is 9.05. The number of unbranched alkanes of at least 4 members (excludes halogenated alkanes) is 1. The van der Waals surface area contributed by atoms with Crippen LogP contribution in [0.3, 0.4) is 0 Å². The van der Waals surface area contributed by atoms with Gasteiger partial charge in [-0.3, -0.25) is 4.79 Å². The molecular formula is C19H24ClN3O4S. The van der Waals surface area contributed by atoms with Gasteiger partial charge in [-0.25, -0.2) is 8.42 Å². The van der Waals surface area contributed by atoms with Crippen LogP contribution in [0.2, 0.25) is 5.02 Å². The molecule has 2 heterocycles. The third kappa shape index (κ3) is 5.32. The van der Waals surface area contributed by atoms with Crippen molar-refractivity contribution in [1.82, 2.24) is 15.0 Å². The Bertz CT molecular complexity index is 912. The number of aryl methyl sites for hydroxylation is 1. The topological polar surface area (TPSA) is 93.4 Å². The summed E-state index contributed by atoms with van der Waals surface area (Å²) in [4.78, 5) is 18.8. The minimum atomic E-state index is -3.04. The van der Waals surface area contributed by atoms with E-state index < -0.39 is 9.84 Å². The SMILES string of the molecule is CCCCN(C(=O)CCc1nc(-c2ccc(Cl)cc2)no1)C1CCS(=O)(=O)C1. The van der Waals surface area contributed by atoms with Gasteiger partial charge in [-0.05, 0) is 37.1 Å². The second-order valence-corrected chi connectivity index (χ2v) is 9.68. The van der Waals surface area contributed by atoms with Gasteiger partial charge in [0.15, 0.2) is 9.84 Å². The van der Waals surface area contributed by atoms with E-state index in [1.807, 2.05) is 6.92 Å². The summed E-state index contributed by atoms with van der Waals surface area (Å²) in [6, 6.07) is 6.87. The summed E-state index contributed by atoms with van der Waals surface area (Å²) in [6.45, 7) is 2.63. The van der Waals surface area contributed by atoms with Crippen molar-refractivity contribution < 1.29 is 17.7 Å². The average molecular weight is 426 g/mol. The predicted octanol–water partition coefficient (Wildman–Crippen LogP) is 3.14. The van der Waals surface area contributed by atoms with Crippen molar-refractivity contribution in [3.63, 3.8) is 0 Å². The van der Waals surface area contributed by atoms with Crippen molar-refractivity contribution >= 4 is 27.3 Å². The molecule has 0 bridgehead atoms. The number of sulfone groups is 1. The van der Waals surface area contributed by atoms with E-state index in [2.05, 4.69) is 10.1 Å². The molecule has 0 saturated carbocycles. The Morgan fingerprint density at radius 3 is 2.71 bits per heavy atom. The van der Waals surface area contributed by atoms with Gasteiger partial charge in [0.1, 0.15) is 0 Å². The smallest absolute Gasteiger partial charge is 0.227 e. The summed E-state index contributed by atoms with van der Waals surface area (Å²) in [7, 11) is -3.04. The van der Waals surface area contributed by atoms with Gasteiger partial charge >= 0.3 is 0 Å². The Hall–Kier alpha value is -1.93. The van der Waals surface area contributed by atoms with Crippen LogP contribution in [0.1, 0.15) is 38.5 Å². The first-order valence-corrected chi connectivity index (χ1v) is 11.7. The van der Waals surface area contributed by atoms with Crippen LogP contribution < -0.4 is 0 Å². The first-order valence-electron chi connectivity index (χ1n) is 9.46. The number of amides is 1. The zero-order chi connectivity index (χ0) is 20.1. The van der Waals surface area contributed by atoms with E-state index in [1.54, 1.807) is 29.2 Å². The van der Waals surface area contributed by atoms with Crippen LogP contribution >= 0.6 is 11.6 Å². The molecular weight excluding hydrogens is 402 g/mol. The fourth-order valence-electron chi connectivity index (χ4n) is 3.29. The van der Waals surface area contributed by atoms with E-state index in [0.29, 0.717) is 36.1 Å². The van der Waals surface area contributed by atoms with Crippen LogP contribution in [0, 0.1) is 0 Å². The van der Waals surface area contributed by atoms with Gasteiger partial charge in [-0.1, -0.05) is 30.1 Å². The maximum Gasteiger partial charge on any atom is 0.227 e. The fourth-order valence-corrected chi connectivity index (χ4v) is 5.15. The van der Waals surface area contributed by atoms with Crippen molar-refractivity contribution in [2.75, 3.05) is 18.1 Å². The Morgan fingerprint density at radius 2 is 2.07 bits per heavy atom. The number of benzene rings is 1. The molecule has 0 aliphatic carbocycles. The lowest BCUT2D eigenvalue weighted by atomic mass is 10.1. The lowest BCUT2D eigenvalue weighted by molar-refractivity contribution is -0.133. The zero-order valence-electron chi connectivity index (χ0n) is 15.8. The van der Waals surface area contributed by atoms with E-state index in [-0.39, 0.29) is 29.9 Å². The van der Waals surface area contributed by atoms with Crippen molar-refractivity contribution in [2.24, 2.45) is 0 Å². The van der Waals surface area contributed by atoms with Gasteiger partial charge < -0.3 is 9.42 Å². The highest BCUT2D eigenvalue weighted by Gasteiger charge is 2.34. The summed E-state index contributed by atoms with van der Waals surface area (Å²) >= 11 is 5.88. The molecule has 9 heteroatoms. The lowest BCUT2D eigenvalue weighted by Gasteiger charge is -2.28. The highest BCUT2D eigenvalue weighted by atomic mass is 35.5. The van der Waals surface area contributed by atoms with Crippen LogP contribution in [0.5, 0.6) is 0 Å². The number of hydrogen-bond donors (Lipinski definition) is 0. The average Bonchev–Trinajstić information content (AvgIpc) is 3.27. The van der Waals surface area contributed by atoms with E-state index in [9.17, 15) is 13.2 Å². The molecule has 1 saturated heterocycles. The van der Waals surface area contributed by atoms with Crippen molar-refractivity contribution in [3.8, 4) is 11.4 Å². The third-order valence-electron chi connectivity index (χ3n) is 4.85. The van der Waals surface area contributed by atoms with Crippen LogP contribution in [0.25, 0.3) is 11.4 Å². The van der Waals surface area contributed by atoms with E-state index in [4.69, 9.17) is 16.1 Å². The molecule has 0 radical (unpaired) electrons. The Kier molecular flexibility index (Phi) is 6.72. The standard InChI is InChI=1S/C19H24ClN3O4S/c1-2-3-11-23(16-10-12-28(25,26)13-16)18(24)9-8-17-21-19(22-27-17)14-4-6-15(20)7-5-14/h4-7,16H,2-3,8-13H2,1H3. The molecule has 1 atom stereocenters. The number of carbonyl (C=O) groups excluding carboxylic acids is 1. The summed E-state index contributed by atoms with van der Waals surface area (Å²) in [5.74, 6) is 0.976. The summed E-state index contributed by atoms with van der Waals surface area (Å²) in [6.07, 6.45) is 2.84. The van der Waals surface area contributed by atoms with Crippen molar-refractivity contribution in [3.05, 3.63) is 35.2 Å². The number of carbonyl (C=O) groups is 1. The van der Waals surface area contributed by atoms with E-state index in [1.165, 1.54) is 0 Å². The normalized spacial score (nSPS) is 18.3. The molecule has 1 amide bonds.